The van der Waals surface area contributed by atoms with Crippen molar-refractivity contribution in [2.24, 2.45) is 22.2 Å². The average Bonchev–Trinajstić information content (AvgIpc) is 2.29. The minimum atomic E-state index is -1.38. The molecule has 0 heterocycles. The molecule has 0 bridgehead atoms. The highest BCUT2D eigenvalue weighted by molar-refractivity contribution is 5.87. The van der Waals surface area contributed by atoms with Gasteiger partial charge in [-0.2, -0.15) is 0 Å². The number of hydrogen-bond donors (Lipinski definition) is 6. The number of aliphatic imine (C=N–C) groups is 1. The number of guanidine groups is 1. The van der Waals surface area contributed by atoms with Crippen LogP contribution in [0.5, 0.6) is 0 Å². The number of aliphatic hydroxyl groups is 1. The van der Waals surface area contributed by atoms with Crippen LogP contribution in [0.4, 0.5) is 0 Å². The predicted octanol–water partition coefficient (Wildman–Crippen LogP) is -2.68. The molecular formula is C10H21N5O4. The molecule has 0 rings (SSSR count). The highest BCUT2D eigenvalue weighted by Crippen LogP contribution is 1.99. The summed E-state index contributed by atoms with van der Waals surface area (Å²) < 4.78 is 0. The fraction of sp³-hybridized carbons (Fsp3) is 0.700. The van der Waals surface area contributed by atoms with Gasteiger partial charge in [-0.25, -0.2) is 4.79 Å². The first kappa shape index (κ1) is 17.1. The van der Waals surface area contributed by atoms with Crippen molar-refractivity contribution in [3.05, 3.63) is 0 Å². The number of aliphatic carboxylic acids is 1. The van der Waals surface area contributed by atoms with Crippen LogP contribution in [-0.4, -0.2) is 52.8 Å². The lowest BCUT2D eigenvalue weighted by Crippen LogP contribution is -2.52. The average molecular weight is 275 g/mol. The molecule has 0 aliphatic heterocycles. The van der Waals surface area contributed by atoms with Crippen molar-refractivity contribution in [2.45, 2.75) is 38.0 Å². The monoisotopic (exact) mass is 275 g/mol. The van der Waals surface area contributed by atoms with E-state index in [1.54, 1.807) is 0 Å². The Labute approximate surface area is 110 Å². The largest absolute Gasteiger partial charge is 0.480 e. The van der Waals surface area contributed by atoms with Gasteiger partial charge in [0.05, 0.1) is 12.1 Å². The van der Waals surface area contributed by atoms with Crippen LogP contribution in [0.2, 0.25) is 0 Å². The van der Waals surface area contributed by atoms with E-state index in [-0.39, 0.29) is 5.96 Å². The zero-order valence-corrected chi connectivity index (χ0v) is 10.7. The molecule has 9 N–H and O–H groups in total. The number of nitrogens with zero attached hydrogens (tertiary/aromatic N) is 1. The van der Waals surface area contributed by atoms with Gasteiger partial charge in [0.15, 0.2) is 12.0 Å². The second-order valence-corrected chi connectivity index (χ2v) is 4.12. The lowest BCUT2D eigenvalue weighted by atomic mass is 10.1. The Kier molecular flexibility index (Phi) is 7.46. The van der Waals surface area contributed by atoms with Crippen LogP contribution in [0.15, 0.2) is 4.99 Å². The summed E-state index contributed by atoms with van der Waals surface area (Å²) in [6, 6.07) is -2.26. The number of carboxylic acid groups (broad SMARTS) is 1. The molecule has 110 valence electrons. The molecule has 0 aliphatic rings. The van der Waals surface area contributed by atoms with Crippen LogP contribution < -0.4 is 22.5 Å². The minimum Gasteiger partial charge on any atom is -0.480 e. The Morgan fingerprint density at radius 3 is 2.37 bits per heavy atom. The van der Waals surface area contributed by atoms with Gasteiger partial charge in [0.1, 0.15) is 0 Å². The third kappa shape index (κ3) is 7.21. The smallest absolute Gasteiger partial charge is 0.328 e. The number of nitrogens with two attached hydrogens (primary N) is 3. The Morgan fingerprint density at radius 2 is 1.95 bits per heavy atom. The number of carboxylic acids is 1. The first-order valence-corrected chi connectivity index (χ1v) is 5.78. The van der Waals surface area contributed by atoms with E-state index in [4.69, 9.17) is 22.3 Å². The summed E-state index contributed by atoms with van der Waals surface area (Å²) >= 11 is 0. The maximum atomic E-state index is 11.6. The third-order valence-electron chi connectivity index (χ3n) is 2.35. The summed E-state index contributed by atoms with van der Waals surface area (Å²) in [7, 11) is 0. The van der Waals surface area contributed by atoms with E-state index in [2.05, 4.69) is 10.3 Å². The van der Waals surface area contributed by atoms with Crippen molar-refractivity contribution in [1.82, 2.24) is 5.32 Å². The number of amides is 1. The number of nitrogens with one attached hydrogen (secondary N) is 1. The molecule has 0 spiro atoms. The number of carbonyl (C=O) groups is 2. The summed E-state index contributed by atoms with van der Waals surface area (Å²) in [6.07, 6.45) is -0.427. The minimum absolute atomic E-state index is 0.0435. The molecule has 0 aromatic heterocycles. The van der Waals surface area contributed by atoms with Crippen LogP contribution in [0.25, 0.3) is 0 Å². The normalized spacial score (nSPS) is 15.1. The van der Waals surface area contributed by atoms with Gasteiger partial charge in [-0.1, -0.05) is 0 Å². The molecule has 0 aromatic carbocycles. The van der Waals surface area contributed by atoms with Crippen LogP contribution in [0.1, 0.15) is 19.8 Å². The lowest BCUT2D eigenvalue weighted by Gasteiger charge is -2.19. The standard InChI is InChI=1S/C10H21N5O4/c1-5(16)7(9(18)19)15-8(17)6(11)3-2-4-14-10(12)13/h5-7,16H,2-4,11H2,1H3,(H,15,17)(H,18,19)(H4,12,13,14)/t5?,6-,7-/m0/s1. The van der Waals surface area contributed by atoms with Gasteiger partial charge in [0.25, 0.3) is 0 Å². The maximum absolute atomic E-state index is 11.6. The van der Waals surface area contributed by atoms with Gasteiger partial charge < -0.3 is 32.7 Å². The molecule has 19 heavy (non-hydrogen) atoms. The maximum Gasteiger partial charge on any atom is 0.328 e. The van der Waals surface area contributed by atoms with Gasteiger partial charge in [-0.05, 0) is 19.8 Å². The molecule has 3 atom stereocenters. The molecule has 0 saturated carbocycles. The fourth-order valence-corrected chi connectivity index (χ4v) is 1.30. The van der Waals surface area contributed by atoms with E-state index in [1.165, 1.54) is 6.92 Å². The predicted molar refractivity (Wildman–Crippen MR) is 69.1 cm³/mol. The van der Waals surface area contributed by atoms with E-state index in [1.807, 2.05) is 0 Å². The van der Waals surface area contributed by atoms with E-state index < -0.39 is 30.1 Å². The van der Waals surface area contributed by atoms with Crippen LogP contribution in [0.3, 0.4) is 0 Å². The van der Waals surface area contributed by atoms with Gasteiger partial charge >= 0.3 is 5.97 Å². The molecule has 0 fully saturated rings. The highest BCUT2D eigenvalue weighted by Gasteiger charge is 2.26. The number of aliphatic hydroxyl groups excluding tert-OH is 1. The zero-order valence-electron chi connectivity index (χ0n) is 10.7. The van der Waals surface area contributed by atoms with E-state index in [9.17, 15) is 14.7 Å². The summed E-state index contributed by atoms with van der Waals surface area (Å²) in [5, 5.41) is 20.2. The quantitative estimate of drug-likeness (QED) is 0.159. The first-order valence-electron chi connectivity index (χ1n) is 5.78. The second kappa shape index (κ2) is 8.27. The summed E-state index contributed by atoms with van der Waals surface area (Å²) in [5.74, 6) is -2.01. The molecule has 0 saturated heterocycles. The van der Waals surface area contributed by atoms with Crippen molar-refractivity contribution in [3.63, 3.8) is 0 Å². The van der Waals surface area contributed by atoms with Gasteiger partial charge in [0.2, 0.25) is 5.91 Å². The lowest BCUT2D eigenvalue weighted by molar-refractivity contribution is -0.145. The Hall–Kier alpha value is -1.87. The van der Waals surface area contributed by atoms with Crippen molar-refractivity contribution in [1.29, 1.82) is 0 Å². The van der Waals surface area contributed by atoms with Crippen molar-refractivity contribution < 1.29 is 19.8 Å². The summed E-state index contributed by atoms with van der Waals surface area (Å²) in [6.45, 7) is 1.60. The van der Waals surface area contributed by atoms with E-state index in [0.29, 0.717) is 19.4 Å². The molecule has 9 nitrogen and oxygen atoms in total. The molecule has 0 aliphatic carbocycles. The number of rotatable bonds is 8. The Balaban J connectivity index is 4.18. The Morgan fingerprint density at radius 1 is 1.37 bits per heavy atom. The Bertz CT molecular complexity index is 341. The number of hydrogen-bond acceptors (Lipinski definition) is 5. The highest BCUT2D eigenvalue weighted by atomic mass is 16.4. The summed E-state index contributed by atoms with van der Waals surface area (Å²) in [4.78, 5) is 26.1. The molecule has 1 amide bonds. The van der Waals surface area contributed by atoms with Crippen molar-refractivity contribution in [2.75, 3.05) is 6.54 Å². The fourth-order valence-electron chi connectivity index (χ4n) is 1.30. The first-order chi connectivity index (χ1) is 8.75. The van der Waals surface area contributed by atoms with Gasteiger partial charge in [0, 0.05) is 6.54 Å². The van der Waals surface area contributed by atoms with Gasteiger partial charge in [-0.15, -0.1) is 0 Å². The third-order valence-corrected chi connectivity index (χ3v) is 2.35. The molecule has 9 heteroatoms. The number of carbonyl (C=O) groups excluding carboxylic acids is 1. The molecular weight excluding hydrogens is 254 g/mol. The van der Waals surface area contributed by atoms with E-state index in [0.717, 1.165) is 0 Å². The topological polar surface area (TPSA) is 177 Å². The zero-order chi connectivity index (χ0) is 15.0. The van der Waals surface area contributed by atoms with Crippen molar-refractivity contribution in [3.8, 4) is 0 Å². The summed E-state index contributed by atoms with van der Waals surface area (Å²) in [5.41, 5.74) is 15.8. The van der Waals surface area contributed by atoms with Gasteiger partial charge in [-0.3, -0.25) is 9.79 Å². The molecule has 0 radical (unpaired) electrons. The SMILES string of the molecule is CC(O)[C@H](NC(=O)[C@@H](N)CCCN=C(N)N)C(=O)O. The van der Waals surface area contributed by atoms with Crippen molar-refractivity contribution >= 4 is 17.8 Å². The molecule has 0 aromatic rings. The second-order valence-electron chi connectivity index (χ2n) is 4.12. The molecule has 1 unspecified atom stereocenters. The van der Waals surface area contributed by atoms with Crippen LogP contribution in [0, 0.1) is 0 Å². The van der Waals surface area contributed by atoms with Crippen LogP contribution in [-0.2, 0) is 9.59 Å². The van der Waals surface area contributed by atoms with Crippen LogP contribution >= 0.6 is 0 Å². The van der Waals surface area contributed by atoms with E-state index >= 15 is 0 Å².